The lowest BCUT2D eigenvalue weighted by molar-refractivity contribution is 0.433. The molecule has 0 aliphatic carbocycles. The molecule has 3 aromatic rings. The highest BCUT2D eigenvalue weighted by Gasteiger charge is 2.15. The van der Waals surface area contributed by atoms with E-state index in [1.165, 1.54) is 11.3 Å². The number of hydrogen-bond acceptors (Lipinski definition) is 6. The molecule has 3 heterocycles. The molecule has 5 nitrogen and oxygen atoms in total. The average molecular weight is 333 g/mol. The van der Waals surface area contributed by atoms with Crippen LogP contribution in [-0.2, 0) is 0 Å². The molecule has 92 valence electrons. The van der Waals surface area contributed by atoms with Crippen LogP contribution < -0.4 is 0 Å². The van der Waals surface area contributed by atoms with Crippen molar-refractivity contribution in [2.45, 2.75) is 0 Å². The minimum absolute atomic E-state index is 0.349. The zero-order valence-electron chi connectivity index (χ0n) is 9.37. The van der Waals surface area contributed by atoms with E-state index >= 15 is 0 Å². The molecule has 19 heavy (non-hydrogen) atoms. The molecule has 3 aromatic heterocycles. The van der Waals surface area contributed by atoms with Crippen LogP contribution >= 0.6 is 27.3 Å². The van der Waals surface area contributed by atoms with E-state index in [2.05, 4.69) is 37.1 Å². The lowest BCUT2D eigenvalue weighted by Gasteiger charge is -1.93. The number of pyridine rings is 1. The normalized spacial score (nSPS) is 10.3. The van der Waals surface area contributed by atoms with E-state index < -0.39 is 0 Å². The van der Waals surface area contributed by atoms with E-state index in [0.29, 0.717) is 22.2 Å². The second kappa shape index (κ2) is 4.91. The molecule has 0 spiro atoms. The Morgan fingerprint density at radius 2 is 2.26 bits per heavy atom. The molecule has 0 saturated carbocycles. The third-order valence-corrected chi connectivity index (χ3v) is 3.71. The number of halogens is 1. The Morgan fingerprint density at radius 3 is 3.05 bits per heavy atom. The highest BCUT2D eigenvalue weighted by molar-refractivity contribution is 9.10. The Balaban J connectivity index is 2.03. The maximum absolute atomic E-state index is 8.98. The summed E-state index contributed by atoms with van der Waals surface area (Å²) in [6, 6.07) is 5.67. The van der Waals surface area contributed by atoms with Gasteiger partial charge >= 0.3 is 0 Å². The predicted octanol–water partition coefficient (Wildman–Crippen LogP) is 3.49. The van der Waals surface area contributed by atoms with E-state index in [0.717, 1.165) is 10.0 Å². The number of aromatic nitrogens is 3. The van der Waals surface area contributed by atoms with Crippen LogP contribution in [-0.4, -0.2) is 15.1 Å². The van der Waals surface area contributed by atoms with Gasteiger partial charge in [-0.2, -0.15) is 10.2 Å². The maximum Gasteiger partial charge on any atom is 0.269 e. The van der Waals surface area contributed by atoms with Crippen molar-refractivity contribution < 1.29 is 4.52 Å². The Kier molecular flexibility index (Phi) is 3.11. The second-order valence-electron chi connectivity index (χ2n) is 3.59. The monoisotopic (exact) mass is 332 g/mol. The molecular weight excluding hydrogens is 328 g/mol. The lowest BCUT2D eigenvalue weighted by atomic mass is 10.2. The van der Waals surface area contributed by atoms with Gasteiger partial charge < -0.3 is 4.52 Å². The molecule has 0 radical (unpaired) electrons. The lowest BCUT2D eigenvalue weighted by Crippen LogP contribution is -1.83. The van der Waals surface area contributed by atoms with Gasteiger partial charge in [0.25, 0.3) is 5.89 Å². The van der Waals surface area contributed by atoms with Gasteiger partial charge in [0.15, 0.2) is 0 Å². The first-order valence-corrected chi connectivity index (χ1v) is 6.88. The smallest absolute Gasteiger partial charge is 0.269 e. The van der Waals surface area contributed by atoms with Gasteiger partial charge in [0.1, 0.15) is 10.9 Å². The summed E-state index contributed by atoms with van der Waals surface area (Å²) in [5, 5.41) is 14.7. The van der Waals surface area contributed by atoms with Crippen molar-refractivity contribution in [1.29, 1.82) is 5.26 Å². The molecule has 0 amide bonds. The van der Waals surface area contributed by atoms with E-state index in [1.807, 2.05) is 11.4 Å². The van der Waals surface area contributed by atoms with Crippen molar-refractivity contribution >= 4 is 27.3 Å². The molecule has 0 bridgehead atoms. The third-order valence-electron chi connectivity index (χ3n) is 2.37. The van der Waals surface area contributed by atoms with E-state index in [-0.39, 0.29) is 0 Å². The molecule has 0 atom stereocenters. The van der Waals surface area contributed by atoms with Crippen molar-refractivity contribution in [1.82, 2.24) is 15.1 Å². The third kappa shape index (κ3) is 2.28. The van der Waals surface area contributed by atoms with Gasteiger partial charge in [0.05, 0.1) is 5.56 Å². The summed E-state index contributed by atoms with van der Waals surface area (Å²) < 4.78 is 6.04. The van der Waals surface area contributed by atoms with Gasteiger partial charge in [-0.05, 0) is 33.4 Å². The van der Waals surface area contributed by atoms with Gasteiger partial charge in [-0.3, -0.25) is 4.98 Å². The highest BCUT2D eigenvalue weighted by Crippen LogP contribution is 2.29. The topological polar surface area (TPSA) is 75.6 Å². The quantitative estimate of drug-likeness (QED) is 0.717. The van der Waals surface area contributed by atoms with E-state index in [9.17, 15) is 0 Å². The molecule has 0 unspecified atom stereocenters. The van der Waals surface area contributed by atoms with Crippen LogP contribution in [0.1, 0.15) is 5.56 Å². The summed E-state index contributed by atoms with van der Waals surface area (Å²) >= 11 is 4.73. The summed E-state index contributed by atoms with van der Waals surface area (Å²) in [7, 11) is 0. The molecule has 7 heteroatoms. The number of nitriles is 1. The van der Waals surface area contributed by atoms with Gasteiger partial charge in [0, 0.05) is 22.4 Å². The van der Waals surface area contributed by atoms with Gasteiger partial charge in [-0.25, -0.2) is 0 Å². The summed E-state index contributed by atoms with van der Waals surface area (Å²) in [6.45, 7) is 0. The summed E-state index contributed by atoms with van der Waals surface area (Å²) in [5.74, 6) is 0.794. The largest absolute Gasteiger partial charge is 0.333 e. The molecular formula is C12H5BrN4OS. The van der Waals surface area contributed by atoms with Gasteiger partial charge in [0.2, 0.25) is 5.82 Å². The minimum atomic E-state index is 0.349. The first-order chi connectivity index (χ1) is 9.28. The number of rotatable bonds is 2. The molecule has 0 saturated heterocycles. The summed E-state index contributed by atoms with van der Waals surface area (Å²) in [6.07, 6.45) is 3.33. The van der Waals surface area contributed by atoms with Crippen LogP contribution in [0.2, 0.25) is 0 Å². The van der Waals surface area contributed by atoms with E-state index in [1.54, 1.807) is 18.5 Å². The molecule has 0 aromatic carbocycles. The first kappa shape index (κ1) is 12.0. The van der Waals surface area contributed by atoms with Crippen LogP contribution in [0.3, 0.4) is 0 Å². The molecule has 0 fully saturated rings. The molecule has 3 rings (SSSR count). The van der Waals surface area contributed by atoms with Crippen molar-refractivity contribution in [2.24, 2.45) is 0 Å². The Morgan fingerprint density at radius 1 is 1.37 bits per heavy atom. The summed E-state index contributed by atoms with van der Waals surface area (Å²) in [5.41, 5.74) is 1.28. The fraction of sp³-hybridized carbons (Fsp3) is 0. The standard InChI is InChI=1S/C12H5BrN4OS/c13-9-3-8(5-15-6-9)11-16-12(18-17-11)10-7(4-14)1-2-19-10/h1-3,5-6H. The number of thiophene rings is 1. The van der Waals surface area contributed by atoms with Crippen molar-refractivity contribution in [2.75, 3.05) is 0 Å². The SMILES string of the molecule is N#Cc1ccsc1-c1nc(-c2cncc(Br)c2)no1. The molecule has 0 N–H and O–H groups in total. The van der Waals surface area contributed by atoms with E-state index in [4.69, 9.17) is 9.78 Å². The molecule has 0 aliphatic rings. The van der Waals surface area contributed by atoms with Crippen LogP contribution in [0.15, 0.2) is 38.9 Å². The fourth-order valence-corrected chi connectivity index (χ4v) is 2.66. The van der Waals surface area contributed by atoms with Crippen LogP contribution in [0.5, 0.6) is 0 Å². The molecule has 0 aliphatic heterocycles. The van der Waals surface area contributed by atoms with Gasteiger partial charge in [-0.15, -0.1) is 11.3 Å². The van der Waals surface area contributed by atoms with Crippen molar-refractivity contribution in [3.8, 4) is 28.2 Å². The van der Waals surface area contributed by atoms with Crippen LogP contribution in [0.25, 0.3) is 22.2 Å². The maximum atomic E-state index is 8.98. The first-order valence-electron chi connectivity index (χ1n) is 5.20. The second-order valence-corrected chi connectivity index (χ2v) is 5.42. The highest BCUT2D eigenvalue weighted by atomic mass is 79.9. The summed E-state index contributed by atoms with van der Waals surface area (Å²) in [4.78, 5) is 9.03. The van der Waals surface area contributed by atoms with Crippen LogP contribution in [0, 0.1) is 11.3 Å². The zero-order valence-corrected chi connectivity index (χ0v) is 11.8. The van der Waals surface area contributed by atoms with Gasteiger partial charge in [-0.1, -0.05) is 5.16 Å². The zero-order chi connectivity index (χ0) is 13.2. The fourth-order valence-electron chi connectivity index (χ4n) is 1.53. The number of hydrogen-bond donors (Lipinski definition) is 0. The van der Waals surface area contributed by atoms with Crippen molar-refractivity contribution in [3.63, 3.8) is 0 Å². The average Bonchev–Trinajstić information content (AvgIpc) is 3.07. The number of nitrogens with zero attached hydrogens (tertiary/aromatic N) is 4. The Labute approximate surface area is 120 Å². The van der Waals surface area contributed by atoms with Crippen LogP contribution in [0.4, 0.5) is 0 Å². The predicted molar refractivity (Wildman–Crippen MR) is 73.3 cm³/mol. The minimum Gasteiger partial charge on any atom is -0.333 e. The van der Waals surface area contributed by atoms with Crippen molar-refractivity contribution in [3.05, 3.63) is 39.9 Å². The Hall–Kier alpha value is -2.04. The Bertz CT molecular complexity index is 774.